The third-order valence-corrected chi connectivity index (χ3v) is 4.37. The molecule has 1 aliphatic heterocycles. The smallest absolute Gasteiger partial charge is 0.165 e. The van der Waals surface area contributed by atoms with Gasteiger partial charge in [-0.1, -0.05) is 31.9 Å². The first-order valence-electron chi connectivity index (χ1n) is 7.94. The fraction of sp³-hybridized carbons (Fsp3) is 0.647. The van der Waals surface area contributed by atoms with Crippen LogP contribution < -0.4 is 14.8 Å². The average molecular weight is 275 g/mol. The number of rotatable bonds is 3. The van der Waals surface area contributed by atoms with Crippen molar-refractivity contribution in [3.63, 3.8) is 0 Å². The maximum atomic E-state index is 5.88. The molecule has 3 heteroatoms. The van der Waals surface area contributed by atoms with Gasteiger partial charge in [0, 0.05) is 24.6 Å². The molecule has 3 nitrogen and oxygen atoms in total. The summed E-state index contributed by atoms with van der Waals surface area (Å²) in [6.45, 7) is 4.75. The van der Waals surface area contributed by atoms with Crippen molar-refractivity contribution in [2.45, 2.75) is 51.6 Å². The Bertz CT molecular complexity index is 447. The fourth-order valence-electron chi connectivity index (χ4n) is 3.27. The van der Waals surface area contributed by atoms with Gasteiger partial charge in [0.15, 0.2) is 11.5 Å². The number of ether oxygens (including phenoxy) is 2. The minimum atomic E-state index is 0.654. The Balaban J connectivity index is 1.65. The quantitative estimate of drug-likeness (QED) is 0.915. The molecule has 1 aromatic carbocycles. The molecule has 1 aliphatic carbocycles. The van der Waals surface area contributed by atoms with Gasteiger partial charge in [-0.05, 0) is 24.8 Å². The van der Waals surface area contributed by atoms with Gasteiger partial charge in [0.25, 0.3) is 0 Å². The third kappa shape index (κ3) is 3.26. The van der Waals surface area contributed by atoms with Crippen LogP contribution in [0.2, 0.25) is 0 Å². The van der Waals surface area contributed by atoms with Crippen molar-refractivity contribution in [2.75, 3.05) is 13.2 Å². The molecule has 20 heavy (non-hydrogen) atoms. The van der Waals surface area contributed by atoms with Crippen LogP contribution in [0.25, 0.3) is 0 Å². The molecule has 1 aromatic rings. The van der Waals surface area contributed by atoms with E-state index in [-0.39, 0.29) is 0 Å². The highest BCUT2D eigenvalue weighted by Gasteiger charge is 2.20. The summed E-state index contributed by atoms with van der Waals surface area (Å²) >= 11 is 0. The summed E-state index contributed by atoms with van der Waals surface area (Å²) in [5, 5.41) is 3.70. The van der Waals surface area contributed by atoms with Crippen molar-refractivity contribution in [2.24, 2.45) is 5.92 Å². The molecule has 0 saturated heterocycles. The Hall–Kier alpha value is -1.22. The lowest BCUT2D eigenvalue weighted by molar-refractivity contribution is 0.291. The highest BCUT2D eigenvalue weighted by Crippen LogP contribution is 2.33. The Morgan fingerprint density at radius 3 is 2.95 bits per heavy atom. The van der Waals surface area contributed by atoms with Crippen LogP contribution in [-0.4, -0.2) is 19.3 Å². The zero-order valence-corrected chi connectivity index (χ0v) is 12.4. The SMILES string of the molecule is CC1CCCC(NCc2cccc3c2OCCCO3)C1. The van der Waals surface area contributed by atoms with E-state index in [9.17, 15) is 0 Å². The van der Waals surface area contributed by atoms with Crippen LogP contribution in [-0.2, 0) is 6.54 Å². The van der Waals surface area contributed by atoms with Gasteiger partial charge in [0.05, 0.1) is 13.2 Å². The van der Waals surface area contributed by atoms with Crippen molar-refractivity contribution in [1.29, 1.82) is 0 Å². The summed E-state index contributed by atoms with van der Waals surface area (Å²) in [6, 6.07) is 6.87. The molecule has 1 saturated carbocycles. The minimum absolute atomic E-state index is 0.654. The number of fused-ring (bicyclic) bond motifs is 1. The summed E-state index contributed by atoms with van der Waals surface area (Å²) in [4.78, 5) is 0. The van der Waals surface area contributed by atoms with Gasteiger partial charge in [-0.25, -0.2) is 0 Å². The lowest BCUT2D eigenvalue weighted by atomic mass is 9.87. The molecule has 110 valence electrons. The van der Waals surface area contributed by atoms with E-state index in [2.05, 4.69) is 24.4 Å². The molecular formula is C17H25NO2. The average Bonchev–Trinajstić information content (AvgIpc) is 2.71. The lowest BCUT2D eigenvalue weighted by Gasteiger charge is -2.28. The summed E-state index contributed by atoms with van der Waals surface area (Å²) in [5.41, 5.74) is 1.22. The number of hydrogen-bond acceptors (Lipinski definition) is 3. The monoisotopic (exact) mass is 275 g/mol. The van der Waals surface area contributed by atoms with E-state index in [1.165, 1.54) is 31.2 Å². The maximum Gasteiger partial charge on any atom is 0.165 e. The second-order valence-corrected chi connectivity index (χ2v) is 6.14. The molecule has 3 rings (SSSR count). The summed E-state index contributed by atoms with van der Waals surface area (Å²) in [5.74, 6) is 2.70. The van der Waals surface area contributed by atoms with E-state index in [0.717, 1.165) is 43.6 Å². The molecule has 1 N–H and O–H groups in total. The predicted octanol–water partition coefficient (Wildman–Crippen LogP) is 3.52. The van der Waals surface area contributed by atoms with Gasteiger partial charge >= 0.3 is 0 Å². The standard InChI is InChI=1S/C17H25NO2/c1-13-5-2-7-15(11-13)18-12-14-6-3-8-16-17(14)20-10-4-9-19-16/h3,6,8,13,15,18H,2,4-5,7,9-12H2,1H3. The van der Waals surface area contributed by atoms with Crippen LogP contribution in [0, 0.1) is 5.92 Å². The molecule has 2 atom stereocenters. The first-order valence-corrected chi connectivity index (χ1v) is 7.94. The Labute approximate surface area is 121 Å². The van der Waals surface area contributed by atoms with E-state index in [1.54, 1.807) is 0 Å². The van der Waals surface area contributed by atoms with Crippen molar-refractivity contribution in [1.82, 2.24) is 5.32 Å². The van der Waals surface area contributed by atoms with Crippen LogP contribution in [0.15, 0.2) is 18.2 Å². The van der Waals surface area contributed by atoms with Gasteiger partial charge in [-0.2, -0.15) is 0 Å². The van der Waals surface area contributed by atoms with Gasteiger partial charge in [0.2, 0.25) is 0 Å². The number of para-hydroxylation sites is 1. The molecule has 0 spiro atoms. The Morgan fingerprint density at radius 2 is 2.05 bits per heavy atom. The van der Waals surface area contributed by atoms with E-state index in [0.29, 0.717) is 6.04 Å². The fourth-order valence-corrected chi connectivity index (χ4v) is 3.27. The van der Waals surface area contributed by atoms with Crippen LogP contribution in [0.3, 0.4) is 0 Å². The topological polar surface area (TPSA) is 30.5 Å². The largest absolute Gasteiger partial charge is 0.490 e. The van der Waals surface area contributed by atoms with Crippen molar-refractivity contribution < 1.29 is 9.47 Å². The predicted molar refractivity (Wildman–Crippen MR) is 80.3 cm³/mol. The zero-order valence-electron chi connectivity index (χ0n) is 12.4. The van der Waals surface area contributed by atoms with Gasteiger partial charge in [-0.3, -0.25) is 0 Å². The zero-order chi connectivity index (χ0) is 13.8. The molecule has 0 amide bonds. The summed E-state index contributed by atoms with van der Waals surface area (Å²) in [6.07, 6.45) is 6.30. The third-order valence-electron chi connectivity index (χ3n) is 4.37. The first-order chi connectivity index (χ1) is 9.83. The Kier molecular flexibility index (Phi) is 4.46. The molecular weight excluding hydrogens is 250 g/mol. The van der Waals surface area contributed by atoms with E-state index < -0.39 is 0 Å². The highest BCUT2D eigenvalue weighted by atomic mass is 16.5. The molecule has 0 radical (unpaired) electrons. The number of hydrogen-bond donors (Lipinski definition) is 1. The van der Waals surface area contributed by atoms with Gasteiger partial charge < -0.3 is 14.8 Å². The van der Waals surface area contributed by atoms with Crippen molar-refractivity contribution in [3.05, 3.63) is 23.8 Å². The van der Waals surface area contributed by atoms with Gasteiger partial charge in [-0.15, -0.1) is 0 Å². The van der Waals surface area contributed by atoms with E-state index in [1.807, 2.05) is 6.07 Å². The Morgan fingerprint density at radius 1 is 1.15 bits per heavy atom. The molecule has 2 unspecified atom stereocenters. The van der Waals surface area contributed by atoms with Crippen molar-refractivity contribution in [3.8, 4) is 11.5 Å². The second kappa shape index (κ2) is 6.49. The normalized spacial score (nSPS) is 26.1. The molecule has 0 aromatic heterocycles. The van der Waals surface area contributed by atoms with Crippen LogP contribution in [0.5, 0.6) is 11.5 Å². The van der Waals surface area contributed by atoms with Crippen LogP contribution in [0.4, 0.5) is 0 Å². The molecule has 1 fully saturated rings. The summed E-state index contributed by atoms with van der Waals surface area (Å²) < 4.78 is 11.6. The maximum absolute atomic E-state index is 5.88. The van der Waals surface area contributed by atoms with Crippen molar-refractivity contribution >= 4 is 0 Å². The minimum Gasteiger partial charge on any atom is -0.490 e. The second-order valence-electron chi connectivity index (χ2n) is 6.14. The van der Waals surface area contributed by atoms with Crippen LogP contribution >= 0.6 is 0 Å². The highest BCUT2D eigenvalue weighted by molar-refractivity contribution is 5.47. The van der Waals surface area contributed by atoms with Gasteiger partial charge in [0.1, 0.15) is 0 Å². The van der Waals surface area contributed by atoms with Crippen LogP contribution in [0.1, 0.15) is 44.6 Å². The van der Waals surface area contributed by atoms with E-state index >= 15 is 0 Å². The number of benzene rings is 1. The molecule has 1 heterocycles. The summed E-state index contributed by atoms with van der Waals surface area (Å²) in [7, 11) is 0. The molecule has 0 bridgehead atoms. The molecule has 2 aliphatic rings. The van der Waals surface area contributed by atoms with E-state index in [4.69, 9.17) is 9.47 Å². The lowest BCUT2D eigenvalue weighted by Crippen LogP contribution is -2.33. The first kappa shape index (κ1) is 13.7. The number of nitrogens with one attached hydrogen (secondary N) is 1.